The molecule has 0 aliphatic heterocycles. The van der Waals surface area contributed by atoms with Crippen molar-refractivity contribution in [1.82, 2.24) is 15.0 Å². The zero-order valence-electron chi connectivity index (χ0n) is 14.2. The summed E-state index contributed by atoms with van der Waals surface area (Å²) < 4.78 is 0. The molecule has 4 rings (SSSR count). The third-order valence-corrected chi connectivity index (χ3v) is 4.82. The maximum absolute atomic E-state index is 12.2. The zero-order valence-corrected chi connectivity index (χ0v) is 14.2. The Morgan fingerprint density at radius 1 is 0.920 bits per heavy atom. The molecule has 0 bridgehead atoms. The largest absolute Gasteiger partial charge is 0.294 e. The molecule has 0 unspecified atom stereocenters. The van der Waals surface area contributed by atoms with E-state index in [1.54, 1.807) is 25.5 Å². The molecule has 2 aromatic heterocycles. The third kappa shape index (κ3) is 3.09. The average Bonchev–Trinajstić information content (AvgIpc) is 3.15. The number of amides is 1. The predicted octanol–water partition coefficient (Wildman–Crippen LogP) is 3.99. The van der Waals surface area contributed by atoms with Crippen molar-refractivity contribution in [3.8, 4) is 11.1 Å². The fourth-order valence-electron chi connectivity index (χ4n) is 3.64. The molecule has 1 fully saturated rings. The van der Waals surface area contributed by atoms with Crippen molar-refractivity contribution < 1.29 is 4.79 Å². The molecule has 0 atom stereocenters. The first-order chi connectivity index (χ1) is 12.2. The van der Waals surface area contributed by atoms with Gasteiger partial charge in [-0.15, -0.1) is 0 Å². The summed E-state index contributed by atoms with van der Waals surface area (Å²) in [5.74, 6) is 0.789. The lowest BCUT2D eigenvalue weighted by Gasteiger charge is -2.27. The van der Waals surface area contributed by atoms with E-state index >= 15 is 0 Å². The van der Waals surface area contributed by atoms with Crippen LogP contribution in [0.1, 0.15) is 32.6 Å². The lowest BCUT2D eigenvalue weighted by Crippen LogP contribution is -2.37. The molecule has 0 saturated heterocycles. The van der Waals surface area contributed by atoms with Gasteiger partial charge in [-0.1, -0.05) is 18.9 Å². The second kappa shape index (κ2) is 6.59. The van der Waals surface area contributed by atoms with Crippen LogP contribution in [-0.4, -0.2) is 26.9 Å². The lowest BCUT2D eigenvalue weighted by atomic mass is 10.1. The number of anilines is 1. The minimum atomic E-state index is 0.0564. The van der Waals surface area contributed by atoms with Crippen molar-refractivity contribution in [3.63, 3.8) is 0 Å². The van der Waals surface area contributed by atoms with Crippen LogP contribution in [0.2, 0.25) is 0 Å². The number of benzene rings is 1. The van der Waals surface area contributed by atoms with Crippen molar-refractivity contribution in [2.45, 2.75) is 38.6 Å². The van der Waals surface area contributed by atoms with E-state index in [0.29, 0.717) is 0 Å². The summed E-state index contributed by atoms with van der Waals surface area (Å²) in [7, 11) is 0. The molecule has 25 heavy (non-hydrogen) atoms. The number of hydrogen-bond donors (Lipinski definition) is 0. The summed E-state index contributed by atoms with van der Waals surface area (Å²) in [6.45, 7) is 1.62. The van der Waals surface area contributed by atoms with E-state index in [9.17, 15) is 4.79 Å². The van der Waals surface area contributed by atoms with E-state index in [2.05, 4.69) is 15.0 Å². The molecule has 1 aliphatic rings. The number of carbonyl (C=O) groups is 1. The minimum Gasteiger partial charge on any atom is -0.294 e. The predicted molar refractivity (Wildman–Crippen MR) is 98.2 cm³/mol. The first-order valence-corrected chi connectivity index (χ1v) is 8.69. The van der Waals surface area contributed by atoms with Gasteiger partial charge in [-0.2, -0.15) is 0 Å². The molecule has 0 radical (unpaired) electrons. The Kier molecular flexibility index (Phi) is 4.14. The summed E-state index contributed by atoms with van der Waals surface area (Å²) in [4.78, 5) is 27.2. The van der Waals surface area contributed by atoms with E-state index in [1.807, 2.05) is 35.2 Å². The van der Waals surface area contributed by atoms with Gasteiger partial charge in [-0.25, -0.2) is 4.98 Å². The Bertz CT molecular complexity index is 918. The topological polar surface area (TPSA) is 59.0 Å². The molecule has 5 nitrogen and oxygen atoms in total. The summed E-state index contributed by atoms with van der Waals surface area (Å²) in [6, 6.07) is 10.3. The smallest absolute Gasteiger partial charge is 0.225 e. The number of carbonyl (C=O) groups excluding carboxylic acids is 1. The van der Waals surface area contributed by atoms with E-state index in [4.69, 9.17) is 0 Å². The van der Waals surface area contributed by atoms with Crippen LogP contribution in [-0.2, 0) is 4.79 Å². The molecule has 1 aliphatic carbocycles. The molecule has 2 heterocycles. The summed E-state index contributed by atoms with van der Waals surface area (Å²) in [5, 5.41) is 0. The van der Waals surface area contributed by atoms with Crippen molar-refractivity contribution in [1.29, 1.82) is 0 Å². The standard InChI is InChI=1S/C20H20N4O/c1-14(25)24(17-4-2-3-5-17)20-13-16(8-9-23-20)15-6-7-18-19(12-15)22-11-10-21-18/h6-13,17H,2-5H2,1H3. The Morgan fingerprint density at radius 3 is 2.40 bits per heavy atom. The molecule has 3 aromatic rings. The fraction of sp³-hybridized carbons (Fsp3) is 0.300. The Labute approximate surface area is 146 Å². The average molecular weight is 332 g/mol. The van der Waals surface area contributed by atoms with Crippen LogP contribution in [0.3, 0.4) is 0 Å². The van der Waals surface area contributed by atoms with E-state index in [0.717, 1.165) is 40.8 Å². The maximum atomic E-state index is 12.2. The number of rotatable bonds is 3. The van der Waals surface area contributed by atoms with Gasteiger partial charge in [-0.3, -0.25) is 19.7 Å². The van der Waals surface area contributed by atoms with E-state index in [-0.39, 0.29) is 11.9 Å². The number of nitrogens with zero attached hydrogens (tertiary/aromatic N) is 4. The van der Waals surface area contributed by atoms with Gasteiger partial charge in [0.1, 0.15) is 5.82 Å². The van der Waals surface area contributed by atoms with Gasteiger partial charge in [0.15, 0.2) is 0 Å². The lowest BCUT2D eigenvalue weighted by molar-refractivity contribution is -0.117. The van der Waals surface area contributed by atoms with Crippen LogP contribution in [0.5, 0.6) is 0 Å². The summed E-state index contributed by atoms with van der Waals surface area (Å²) in [6.07, 6.45) is 9.63. The quantitative estimate of drug-likeness (QED) is 0.728. The first-order valence-electron chi connectivity index (χ1n) is 8.69. The molecule has 126 valence electrons. The van der Waals surface area contributed by atoms with Crippen LogP contribution in [0.25, 0.3) is 22.2 Å². The second-order valence-electron chi connectivity index (χ2n) is 6.49. The van der Waals surface area contributed by atoms with Crippen molar-refractivity contribution >= 4 is 22.8 Å². The summed E-state index contributed by atoms with van der Waals surface area (Å²) >= 11 is 0. The van der Waals surface area contributed by atoms with E-state index < -0.39 is 0 Å². The molecular weight excluding hydrogens is 312 g/mol. The molecule has 1 aromatic carbocycles. The van der Waals surface area contributed by atoms with Crippen LogP contribution < -0.4 is 4.90 Å². The van der Waals surface area contributed by atoms with Crippen molar-refractivity contribution in [2.24, 2.45) is 0 Å². The normalized spacial score (nSPS) is 14.8. The highest BCUT2D eigenvalue weighted by Crippen LogP contribution is 2.30. The monoisotopic (exact) mass is 332 g/mol. The Morgan fingerprint density at radius 2 is 1.64 bits per heavy atom. The van der Waals surface area contributed by atoms with Crippen LogP contribution >= 0.6 is 0 Å². The highest BCUT2D eigenvalue weighted by Gasteiger charge is 2.26. The fourth-order valence-corrected chi connectivity index (χ4v) is 3.64. The zero-order chi connectivity index (χ0) is 17.2. The van der Waals surface area contributed by atoms with Gasteiger partial charge in [0.05, 0.1) is 11.0 Å². The van der Waals surface area contributed by atoms with Gasteiger partial charge < -0.3 is 0 Å². The van der Waals surface area contributed by atoms with Crippen molar-refractivity contribution in [2.75, 3.05) is 4.90 Å². The number of aromatic nitrogens is 3. The van der Waals surface area contributed by atoms with Gasteiger partial charge >= 0.3 is 0 Å². The van der Waals surface area contributed by atoms with Crippen molar-refractivity contribution in [3.05, 3.63) is 48.9 Å². The first kappa shape index (κ1) is 15.7. The highest BCUT2D eigenvalue weighted by molar-refractivity contribution is 5.92. The van der Waals surface area contributed by atoms with Crippen LogP contribution in [0, 0.1) is 0 Å². The Balaban J connectivity index is 1.73. The molecule has 1 amide bonds. The molecule has 1 saturated carbocycles. The number of pyridine rings is 1. The van der Waals surface area contributed by atoms with Gasteiger partial charge in [0, 0.05) is 31.6 Å². The van der Waals surface area contributed by atoms with Gasteiger partial charge in [0.25, 0.3) is 0 Å². The summed E-state index contributed by atoms with van der Waals surface area (Å²) in [5.41, 5.74) is 3.81. The molecule has 0 N–H and O–H groups in total. The minimum absolute atomic E-state index is 0.0564. The highest BCUT2D eigenvalue weighted by atomic mass is 16.2. The van der Waals surface area contributed by atoms with Crippen LogP contribution in [0.4, 0.5) is 5.82 Å². The Hall–Kier alpha value is -2.82. The number of hydrogen-bond acceptors (Lipinski definition) is 4. The third-order valence-electron chi connectivity index (χ3n) is 4.82. The van der Waals surface area contributed by atoms with E-state index in [1.165, 1.54) is 12.8 Å². The molecule has 5 heteroatoms. The second-order valence-corrected chi connectivity index (χ2v) is 6.49. The molecule has 0 spiro atoms. The SMILES string of the molecule is CC(=O)N(c1cc(-c2ccc3nccnc3c2)ccn1)C1CCCC1. The maximum Gasteiger partial charge on any atom is 0.225 e. The van der Waals surface area contributed by atoms with Crippen LogP contribution in [0.15, 0.2) is 48.9 Å². The number of fused-ring (bicyclic) bond motifs is 1. The van der Waals surface area contributed by atoms with Gasteiger partial charge in [-0.05, 0) is 48.2 Å². The molecular formula is C20H20N4O. The van der Waals surface area contributed by atoms with Gasteiger partial charge in [0.2, 0.25) is 5.91 Å².